The Morgan fingerprint density at radius 3 is 2.08 bits per heavy atom. The molecule has 3 aromatic carbocycles. The highest BCUT2D eigenvalue weighted by atomic mass is 35.5. The minimum absolute atomic E-state index is 0.00505. The van der Waals surface area contributed by atoms with Crippen LogP contribution in [0.25, 0.3) is 0 Å². The largest absolute Gasteiger partial charge is 0.454 e. The zero-order chi connectivity index (χ0) is 36.1. The summed E-state index contributed by atoms with van der Waals surface area (Å²) >= 11 is 6.03. The van der Waals surface area contributed by atoms with Gasteiger partial charge in [-0.2, -0.15) is 28.1 Å². The van der Waals surface area contributed by atoms with Gasteiger partial charge >= 0.3 is 24.0 Å². The quantitative estimate of drug-likeness (QED) is 0.113. The Morgan fingerprint density at radius 1 is 0.840 bits per heavy atom. The van der Waals surface area contributed by atoms with Gasteiger partial charge in [-0.1, -0.05) is 41.4 Å². The number of halogens is 4. The molecule has 3 amide bonds. The van der Waals surface area contributed by atoms with Crippen LogP contribution in [0.15, 0.2) is 72.8 Å². The topological polar surface area (TPSA) is 159 Å². The predicted molar refractivity (Wildman–Crippen MR) is 181 cm³/mol. The predicted octanol–water partition coefficient (Wildman–Crippen LogP) is 5.88. The van der Waals surface area contributed by atoms with Gasteiger partial charge in [0.2, 0.25) is 11.9 Å². The van der Waals surface area contributed by atoms with E-state index < -0.39 is 47.6 Å². The van der Waals surface area contributed by atoms with Crippen molar-refractivity contribution in [2.24, 2.45) is 0 Å². The third kappa shape index (κ3) is 10.0. The summed E-state index contributed by atoms with van der Waals surface area (Å²) in [6.45, 7) is 3.63. The van der Waals surface area contributed by atoms with Crippen LogP contribution < -0.4 is 31.3 Å². The molecule has 0 unspecified atom stereocenters. The first kappa shape index (κ1) is 35.9. The summed E-state index contributed by atoms with van der Waals surface area (Å²) in [6.07, 6.45) is -3.14. The number of rotatable bonds is 12. The van der Waals surface area contributed by atoms with E-state index >= 15 is 0 Å². The average molecular weight is 711 g/mol. The van der Waals surface area contributed by atoms with E-state index in [4.69, 9.17) is 16.3 Å². The molecule has 1 aromatic heterocycles. The number of aromatic nitrogens is 3. The molecule has 262 valence electrons. The molecular formula is C34H34ClF3N8O4. The van der Waals surface area contributed by atoms with Crippen LogP contribution in [-0.4, -0.2) is 57.5 Å². The summed E-state index contributed by atoms with van der Waals surface area (Å²) in [5.74, 6) is -2.24. The van der Waals surface area contributed by atoms with Gasteiger partial charge in [-0.15, -0.1) is 0 Å². The van der Waals surface area contributed by atoms with Crippen molar-refractivity contribution in [1.29, 1.82) is 0 Å². The summed E-state index contributed by atoms with van der Waals surface area (Å²) in [6, 6.07) is 19.8. The number of nitrogens with zero attached hydrogens (tertiary/aromatic N) is 3. The Labute approximate surface area is 290 Å². The van der Waals surface area contributed by atoms with Crippen molar-refractivity contribution >= 4 is 52.6 Å². The second-order valence-corrected chi connectivity index (χ2v) is 12.9. The van der Waals surface area contributed by atoms with E-state index in [1.807, 2.05) is 19.1 Å². The lowest BCUT2D eigenvalue weighted by atomic mass is 10.1. The lowest BCUT2D eigenvalue weighted by molar-refractivity contribution is -0.154. The van der Waals surface area contributed by atoms with Crippen molar-refractivity contribution in [3.63, 3.8) is 0 Å². The van der Waals surface area contributed by atoms with Crippen LogP contribution in [0.3, 0.4) is 0 Å². The summed E-state index contributed by atoms with van der Waals surface area (Å²) < 4.78 is 43.6. The molecule has 1 saturated carbocycles. The molecule has 1 fully saturated rings. The Kier molecular flexibility index (Phi) is 10.5. The van der Waals surface area contributed by atoms with Crippen LogP contribution in [0.5, 0.6) is 6.01 Å². The molecule has 16 heteroatoms. The number of ether oxygens (including phenoxy) is 1. The van der Waals surface area contributed by atoms with E-state index in [9.17, 15) is 27.6 Å². The highest BCUT2D eigenvalue weighted by molar-refractivity contribution is 6.39. The maximum atomic E-state index is 12.9. The SMILES string of the molecule is Cc1ccc(NC(=O)C(=O)NC(C)(C)CNC(=O)c2ccc(Nc3nc(NC4(c5ccc(Cl)cc5)CC4)nc(OCC(F)(F)F)n3)cc2)cc1. The smallest absolute Gasteiger partial charge is 0.422 e. The second-order valence-electron chi connectivity index (χ2n) is 12.4. The van der Waals surface area contributed by atoms with Crippen LogP contribution in [0.2, 0.25) is 5.02 Å². The molecule has 0 radical (unpaired) electrons. The zero-order valence-corrected chi connectivity index (χ0v) is 28.0. The summed E-state index contributed by atoms with van der Waals surface area (Å²) in [4.78, 5) is 50.1. The number of carbonyl (C=O) groups is 3. The van der Waals surface area contributed by atoms with E-state index in [0.717, 1.165) is 24.0 Å². The number of amides is 3. The van der Waals surface area contributed by atoms with Crippen LogP contribution in [-0.2, 0) is 15.1 Å². The fraction of sp³-hybridized carbons (Fsp3) is 0.294. The number of carbonyl (C=O) groups excluding carboxylic acids is 3. The first-order valence-corrected chi connectivity index (χ1v) is 15.8. The van der Waals surface area contributed by atoms with Gasteiger partial charge in [-0.05, 0) is 87.7 Å². The molecule has 4 aromatic rings. The van der Waals surface area contributed by atoms with E-state index in [0.29, 0.717) is 16.4 Å². The van der Waals surface area contributed by atoms with Gasteiger partial charge in [-0.25, -0.2) is 0 Å². The van der Waals surface area contributed by atoms with E-state index in [1.54, 1.807) is 62.4 Å². The fourth-order valence-electron chi connectivity index (χ4n) is 4.74. The van der Waals surface area contributed by atoms with Crippen LogP contribution in [0, 0.1) is 6.92 Å². The minimum atomic E-state index is -4.61. The normalized spacial score (nSPS) is 13.5. The molecule has 0 bridgehead atoms. The van der Waals surface area contributed by atoms with Crippen LogP contribution in [0.1, 0.15) is 48.2 Å². The lowest BCUT2D eigenvalue weighted by Gasteiger charge is -2.26. The van der Waals surface area contributed by atoms with E-state index in [2.05, 4.69) is 41.5 Å². The molecule has 0 saturated heterocycles. The Balaban J connectivity index is 1.20. The Hall–Kier alpha value is -5.44. The van der Waals surface area contributed by atoms with Crippen molar-refractivity contribution in [2.45, 2.75) is 50.9 Å². The molecule has 1 heterocycles. The number of alkyl halides is 3. The Morgan fingerprint density at radius 2 is 1.46 bits per heavy atom. The second kappa shape index (κ2) is 14.6. The maximum absolute atomic E-state index is 12.9. The number of hydrogen-bond acceptors (Lipinski definition) is 9. The molecule has 0 aliphatic heterocycles. The molecule has 12 nitrogen and oxygen atoms in total. The van der Waals surface area contributed by atoms with Gasteiger partial charge < -0.3 is 31.3 Å². The molecule has 5 N–H and O–H groups in total. The Bertz CT molecular complexity index is 1850. The first-order chi connectivity index (χ1) is 23.6. The number of nitrogens with one attached hydrogen (secondary N) is 5. The molecule has 50 heavy (non-hydrogen) atoms. The molecular weight excluding hydrogens is 677 g/mol. The van der Waals surface area contributed by atoms with E-state index in [-0.39, 0.29) is 24.0 Å². The first-order valence-electron chi connectivity index (χ1n) is 15.4. The van der Waals surface area contributed by atoms with Gasteiger partial charge in [0.1, 0.15) is 0 Å². The number of hydrogen-bond donors (Lipinski definition) is 5. The van der Waals surface area contributed by atoms with Crippen molar-refractivity contribution in [2.75, 3.05) is 29.1 Å². The van der Waals surface area contributed by atoms with E-state index in [1.165, 1.54) is 12.1 Å². The van der Waals surface area contributed by atoms with Gasteiger partial charge in [0.25, 0.3) is 5.91 Å². The van der Waals surface area contributed by atoms with Crippen molar-refractivity contribution in [1.82, 2.24) is 25.6 Å². The zero-order valence-electron chi connectivity index (χ0n) is 27.2. The summed E-state index contributed by atoms with van der Waals surface area (Å²) in [7, 11) is 0. The summed E-state index contributed by atoms with van der Waals surface area (Å²) in [5.41, 5.74) is 1.60. The van der Waals surface area contributed by atoms with Crippen molar-refractivity contribution in [3.05, 3.63) is 94.5 Å². The lowest BCUT2D eigenvalue weighted by Crippen LogP contribution is -2.54. The number of aryl methyl sites for hydroxylation is 1. The van der Waals surface area contributed by atoms with Crippen molar-refractivity contribution in [3.8, 4) is 6.01 Å². The molecule has 0 spiro atoms. The third-order valence-corrected chi connectivity index (χ3v) is 7.79. The molecule has 0 atom stereocenters. The van der Waals surface area contributed by atoms with Gasteiger partial charge in [-0.3, -0.25) is 14.4 Å². The standard InChI is InChI=1S/C34H34ClF3N8O4/c1-20-4-12-24(13-5-20)40-27(48)28(49)45-32(2,3)18-39-26(47)21-6-14-25(15-7-21)41-29-42-30(44-31(43-29)50-19-34(36,37)38)46-33(16-17-33)22-8-10-23(35)11-9-22/h4-15H,16-19H2,1-3H3,(H,39,47)(H,40,48)(H,45,49)(H2,41,42,43,44,46). The third-order valence-electron chi connectivity index (χ3n) is 7.54. The summed E-state index contributed by atoms with van der Waals surface area (Å²) in [5, 5.41) is 14.5. The van der Waals surface area contributed by atoms with Gasteiger partial charge in [0.15, 0.2) is 6.61 Å². The number of anilines is 4. The maximum Gasteiger partial charge on any atom is 0.422 e. The van der Waals surface area contributed by atoms with Gasteiger partial charge in [0.05, 0.1) is 11.1 Å². The van der Waals surface area contributed by atoms with Gasteiger partial charge in [0, 0.05) is 28.5 Å². The highest BCUT2D eigenvalue weighted by Crippen LogP contribution is 2.48. The number of benzene rings is 3. The molecule has 1 aliphatic carbocycles. The highest BCUT2D eigenvalue weighted by Gasteiger charge is 2.45. The average Bonchev–Trinajstić information content (AvgIpc) is 3.84. The van der Waals surface area contributed by atoms with Crippen LogP contribution in [0.4, 0.5) is 36.4 Å². The van der Waals surface area contributed by atoms with Crippen LogP contribution >= 0.6 is 11.6 Å². The molecule has 5 rings (SSSR count). The fourth-order valence-corrected chi connectivity index (χ4v) is 4.87. The minimum Gasteiger partial charge on any atom is -0.454 e. The van der Waals surface area contributed by atoms with Crippen molar-refractivity contribution < 1.29 is 32.3 Å². The monoisotopic (exact) mass is 710 g/mol. The molecule has 1 aliphatic rings.